The molecule has 5 nitrogen and oxygen atoms in total. The molecule has 1 aliphatic heterocycles. The van der Waals surface area contributed by atoms with Gasteiger partial charge in [0.25, 0.3) is 0 Å². The molecule has 31 heavy (non-hydrogen) atoms. The van der Waals surface area contributed by atoms with Crippen molar-refractivity contribution in [3.8, 4) is 0 Å². The average molecular weight is 417 g/mol. The predicted octanol–water partition coefficient (Wildman–Crippen LogP) is 3.88. The maximum absolute atomic E-state index is 13.5. The second kappa shape index (κ2) is 7.63. The summed E-state index contributed by atoms with van der Waals surface area (Å²) in [7, 11) is 0. The molecule has 0 unspecified atom stereocenters. The van der Waals surface area contributed by atoms with Gasteiger partial charge in [-0.05, 0) is 61.6 Å². The average Bonchev–Trinajstić information content (AvgIpc) is 3.44. The van der Waals surface area contributed by atoms with Crippen LogP contribution in [0.1, 0.15) is 36.0 Å². The number of carbonyl (C=O) groups excluding carboxylic acids is 3. The number of likely N-dealkylation sites (tertiary alicyclic amines) is 1. The lowest BCUT2D eigenvalue weighted by Crippen LogP contribution is -2.49. The van der Waals surface area contributed by atoms with E-state index < -0.39 is 6.04 Å². The summed E-state index contributed by atoms with van der Waals surface area (Å²) in [6, 6.07) is 14.6. The summed E-state index contributed by atoms with van der Waals surface area (Å²) in [6.07, 6.45) is 3.36. The highest BCUT2D eigenvalue weighted by atomic mass is 16.2. The highest BCUT2D eigenvalue weighted by Crippen LogP contribution is 2.56. The molecule has 3 fully saturated rings. The van der Waals surface area contributed by atoms with Crippen LogP contribution in [0.15, 0.2) is 48.5 Å². The van der Waals surface area contributed by atoms with Crippen LogP contribution in [0.5, 0.6) is 0 Å². The predicted molar refractivity (Wildman–Crippen MR) is 118 cm³/mol. The zero-order chi connectivity index (χ0) is 21.7. The molecule has 3 aliphatic rings. The molecule has 160 valence electrons. The van der Waals surface area contributed by atoms with Crippen molar-refractivity contribution in [1.82, 2.24) is 4.90 Å². The Kier molecular flexibility index (Phi) is 4.92. The Morgan fingerprint density at radius 3 is 2.10 bits per heavy atom. The van der Waals surface area contributed by atoms with E-state index >= 15 is 0 Å². The van der Waals surface area contributed by atoms with Crippen LogP contribution in [0.25, 0.3) is 0 Å². The highest BCUT2D eigenvalue weighted by molar-refractivity contribution is 6.10. The van der Waals surface area contributed by atoms with E-state index in [9.17, 15) is 14.4 Å². The van der Waals surface area contributed by atoms with E-state index in [4.69, 9.17) is 0 Å². The van der Waals surface area contributed by atoms with Crippen molar-refractivity contribution in [1.29, 1.82) is 0 Å². The first kappa shape index (κ1) is 20.0. The number of benzene rings is 2. The van der Waals surface area contributed by atoms with Crippen molar-refractivity contribution in [3.05, 3.63) is 65.2 Å². The summed E-state index contributed by atoms with van der Waals surface area (Å²) in [5.41, 5.74) is 3.61. The molecule has 3 amide bonds. The van der Waals surface area contributed by atoms with Crippen molar-refractivity contribution in [2.24, 2.45) is 23.7 Å². The van der Waals surface area contributed by atoms with Gasteiger partial charge < -0.3 is 5.32 Å². The fourth-order valence-electron chi connectivity index (χ4n) is 6.10. The summed E-state index contributed by atoms with van der Waals surface area (Å²) >= 11 is 0. The summed E-state index contributed by atoms with van der Waals surface area (Å²) in [6.45, 7) is 3.89. The molecule has 2 aromatic carbocycles. The van der Waals surface area contributed by atoms with E-state index in [1.54, 1.807) is 0 Å². The molecule has 0 aromatic heterocycles. The first-order valence-electron chi connectivity index (χ1n) is 11.2. The second-order valence-corrected chi connectivity index (χ2v) is 9.39. The Morgan fingerprint density at radius 1 is 0.935 bits per heavy atom. The van der Waals surface area contributed by atoms with Gasteiger partial charge in [0.1, 0.15) is 6.04 Å². The number of amides is 3. The van der Waals surface area contributed by atoms with Crippen molar-refractivity contribution < 1.29 is 14.4 Å². The molecule has 2 aliphatic carbocycles. The van der Waals surface area contributed by atoms with Crippen LogP contribution < -0.4 is 5.32 Å². The van der Waals surface area contributed by atoms with E-state index in [0.717, 1.165) is 41.6 Å². The number of anilines is 1. The van der Waals surface area contributed by atoms with Crippen LogP contribution in [0.3, 0.4) is 0 Å². The summed E-state index contributed by atoms with van der Waals surface area (Å²) in [4.78, 5) is 41.7. The van der Waals surface area contributed by atoms with Crippen molar-refractivity contribution in [3.63, 3.8) is 0 Å². The molecule has 1 N–H and O–H groups in total. The number of nitrogens with zero attached hydrogens (tertiary/aromatic N) is 1. The van der Waals surface area contributed by atoms with E-state index in [1.807, 2.05) is 62.4 Å². The molecular weight excluding hydrogens is 388 g/mol. The molecule has 0 spiro atoms. The monoisotopic (exact) mass is 416 g/mol. The standard InChI is InChI=1S/C26H28N2O3/c1-15-7-6-8-16(2)23(15)27-24(29)20(13-17-9-4-3-5-10-17)28-25(30)21-18-11-12-19(14-18)22(21)26(28)31/h3-10,18-22H,11-14H2,1-2H3,(H,27,29)/t18-,19-,20-,21-,22-/m0/s1. The third-order valence-electron chi connectivity index (χ3n) is 7.58. The number of hydrogen-bond acceptors (Lipinski definition) is 3. The summed E-state index contributed by atoms with van der Waals surface area (Å²) in [5, 5.41) is 3.04. The van der Waals surface area contributed by atoms with E-state index in [-0.39, 0.29) is 29.6 Å². The minimum absolute atomic E-state index is 0.139. The normalized spacial score (nSPS) is 27.5. The van der Waals surface area contributed by atoms with Crippen LogP contribution >= 0.6 is 0 Å². The van der Waals surface area contributed by atoms with Crippen LogP contribution in [-0.2, 0) is 20.8 Å². The molecule has 1 heterocycles. The Hall–Kier alpha value is -2.95. The van der Waals surface area contributed by atoms with Gasteiger partial charge in [0.05, 0.1) is 11.8 Å². The van der Waals surface area contributed by atoms with Crippen LogP contribution in [-0.4, -0.2) is 28.7 Å². The summed E-state index contributed by atoms with van der Waals surface area (Å²) < 4.78 is 0. The van der Waals surface area contributed by atoms with Crippen molar-refractivity contribution in [2.75, 3.05) is 5.32 Å². The Labute approximate surface area is 182 Å². The van der Waals surface area contributed by atoms with Gasteiger partial charge in [-0.1, -0.05) is 48.5 Å². The number of rotatable bonds is 5. The first-order valence-corrected chi connectivity index (χ1v) is 11.2. The minimum atomic E-state index is -0.841. The molecule has 2 aromatic rings. The van der Waals surface area contributed by atoms with Gasteiger partial charge >= 0.3 is 0 Å². The molecule has 5 heteroatoms. The SMILES string of the molecule is Cc1cccc(C)c1NC(=O)[C@H](Cc1ccccc1)N1C(=O)[C@H]2[C@H]3CC[C@@H](C3)[C@@H]2C1=O. The van der Waals surface area contributed by atoms with Gasteiger partial charge in [0, 0.05) is 12.1 Å². The topological polar surface area (TPSA) is 66.5 Å². The Balaban J connectivity index is 1.48. The van der Waals surface area contributed by atoms with E-state index in [2.05, 4.69) is 5.32 Å². The third kappa shape index (κ3) is 3.27. The maximum atomic E-state index is 13.5. The van der Waals surface area contributed by atoms with Crippen LogP contribution in [0, 0.1) is 37.5 Å². The second-order valence-electron chi connectivity index (χ2n) is 9.39. The number of hydrogen-bond donors (Lipinski definition) is 1. The number of carbonyl (C=O) groups is 3. The molecule has 5 atom stereocenters. The van der Waals surface area contributed by atoms with Gasteiger partial charge in [-0.3, -0.25) is 19.3 Å². The number of aryl methyl sites for hydroxylation is 2. The number of fused-ring (bicyclic) bond motifs is 5. The fourth-order valence-corrected chi connectivity index (χ4v) is 6.10. The molecule has 5 rings (SSSR count). The van der Waals surface area contributed by atoms with Gasteiger partial charge in [0.15, 0.2) is 0 Å². The Bertz CT molecular complexity index is 1000. The maximum Gasteiger partial charge on any atom is 0.248 e. The quantitative estimate of drug-likeness (QED) is 0.752. The smallest absolute Gasteiger partial charge is 0.248 e. The third-order valence-corrected chi connectivity index (χ3v) is 7.58. The fraction of sp³-hybridized carbons (Fsp3) is 0.423. The molecule has 1 saturated heterocycles. The van der Waals surface area contributed by atoms with Crippen molar-refractivity contribution in [2.45, 2.75) is 45.6 Å². The number of para-hydroxylation sites is 1. The summed E-state index contributed by atoms with van der Waals surface area (Å²) in [5.74, 6) is -0.420. The van der Waals surface area contributed by atoms with Crippen LogP contribution in [0.2, 0.25) is 0 Å². The van der Waals surface area contributed by atoms with Gasteiger partial charge in [-0.25, -0.2) is 0 Å². The molecule has 0 radical (unpaired) electrons. The van der Waals surface area contributed by atoms with Gasteiger partial charge in [0.2, 0.25) is 17.7 Å². The number of imide groups is 1. The first-order chi connectivity index (χ1) is 15.0. The molecule has 2 saturated carbocycles. The molecule has 2 bridgehead atoms. The highest BCUT2D eigenvalue weighted by Gasteiger charge is 2.62. The van der Waals surface area contributed by atoms with Crippen molar-refractivity contribution >= 4 is 23.4 Å². The van der Waals surface area contributed by atoms with Gasteiger partial charge in [-0.15, -0.1) is 0 Å². The van der Waals surface area contributed by atoms with Crippen LogP contribution in [0.4, 0.5) is 5.69 Å². The minimum Gasteiger partial charge on any atom is -0.324 e. The lowest BCUT2D eigenvalue weighted by Gasteiger charge is -2.27. The zero-order valence-electron chi connectivity index (χ0n) is 18.0. The Morgan fingerprint density at radius 2 is 1.52 bits per heavy atom. The zero-order valence-corrected chi connectivity index (χ0v) is 18.0. The lowest BCUT2D eigenvalue weighted by molar-refractivity contribution is -0.147. The lowest BCUT2D eigenvalue weighted by atomic mass is 9.81. The van der Waals surface area contributed by atoms with E-state index in [1.165, 1.54) is 4.90 Å². The largest absolute Gasteiger partial charge is 0.324 e. The van der Waals surface area contributed by atoms with E-state index in [0.29, 0.717) is 18.3 Å². The number of nitrogens with one attached hydrogen (secondary N) is 1. The van der Waals surface area contributed by atoms with Gasteiger partial charge in [-0.2, -0.15) is 0 Å². The molecular formula is C26H28N2O3.